The van der Waals surface area contributed by atoms with Crippen molar-refractivity contribution in [3.63, 3.8) is 0 Å². The number of allylic oxidation sites excluding steroid dienone is 2. The van der Waals surface area contributed by atoms with Crippen molar-refractivity contribution in [1.82, 2.24) is 0 Å². The van der Waals surface area contributed by atoms with Gasteiger partial charge in [0.05, 0.1) is 0 Å². The van der Waals surface area contributed by atoms with Crippen LogP contribution in [0.15, 0.2) is 25.3 Å². The van der Waals surface area contributed by atoms with E-state index in [9.17, 15) is 9.59 Å². The van der Waals surface area contributed by atoms with E-state index in [-0.39, 0.29) is 17.5 Å². The molecule has 53 valence electrons. The van der Waals surface area contributed by atoms with Crippen LogP contribution in [0.5, 0.6) is 0 Å². The van der Waals surface area contributed by atoms with Crippen LogP contribution in [0.4, 0.5) is 0 Å². The second kappa shape index (κ2) is 3.77. The topological polar surface area (TPSA) is 34.1 Å². The van der Waals surface area contributed by atoms with E-state index in [4.69, 9.17) is 0 Å². The highest BCUT2D eigenvalue weighted by Crippen LogP contribution is 2.02. The summed E-state index contributed by atoms with van der Waals surface area (Å²) in [5, 5.41) is 0. The lowest BCUT2D eigenvalue weighted by Crippen LogP contribution is -2.14. The Hall–Kier alpha value is -1.18. The fourth-order valence-electron chi connectivity index (χ4n) is 0.428. The number of carbonyl (C=O) groups excluding carboxylic acids is 2. The minimum Gasteiger partial charge on any atom is -0.294 e. The maximum absolute atomic E-state index is 10.7. The van der Waals surface area contributed by atoms with Crippen LogP contribution in [0, 0.1) is 5.92 Å². The third-order valence-corrected chi connectivity index (χ3v) is 1.11. The van der Waals surface area contributed by atoms with E-state index in [1.165, 1.54) is 6.92 Å². The lowest BCUT2D eigenvalue weighted by atomic mass is 10.0. The second-order valence-electron chi connectivity index (χ2n) is 1.76. The molecule has 0 aliphatic rings. The first kappa shape index (κ1) is 8.82. The minimum absolute atomic E-state index is 0.157. The average Bonchev–Trinajstić information content (AvgIpc) is 2.00. The van der Waals surface area contributed by atoms with Crippen molar-refractivity contribution < 1.29 is 9.59 Å². The lowest BCUT2D eigenvalue weighted by Gasteiger charge is -1.98. The number of carbonyl (C=O) groups is 2. The third-order valence-electron chi connectivity index (χ3n) is 1.11. The van der Waals surface area contributed by atoms with Crippen LogP contribution in [0.2, 0.25) is 0 Å². The second-order valence-corrected chi connectivity index (χ2v) is 1.76. The van der Waals surface area contributed by atoms with Crippen LogP contribution < -0.4 is 0 Å². The van der Waals surface area contributed by atoms with Gasteiger partial charge in [0.1, 0.15) is 5.92 Å². The normalized spacial score (nSPS) is 9.00. The molecule has 0 amide bonds. The molecule has 0 aromatic heterocycles. The first-order valence-electron chi connectivity index (χ1n) is 2.80. The van der Waals surface area contributed by atoms with Crippen molar-refractivity contribution in [1.29, 1.82) is 0 Å². The average molecular weight is 137 g/mol. The van der Waals surface area contributed by atoms with E-state index in [2.05, 4.69) is 13.2 Å². The molecule has 0 aliphatic carbocycles. The summed E-state index contributed by atoms with van der Waals surface area (Å²) in [7, 11) is 0. The van der Waals surface area contributed by atoms with Gasteiger partial charge in [-0.3, -0.25) is 9.59 Å². The van der Waals surface area contributed by atoms with E-state index in [0.29, 0.717) is 0 Å². The highest BCUT2D eigenvalue weighted by Gasteiger charge is 2.15. The van der Waals surface area contributed by atoms with Crippen LogP contribution in [0.25, 0.3) is 0 Å². The van der Waals surface area contributed by atoms with E-state index in [1.807, 2.05) is 0 Å². The molecule has 0 fully saturated rings. The molecular weight excluding hydrogens is 128 g/mol. The number of rotatable bonds is 4. The Balaban J connectivity index is 4.20. The number of ketones is 2. The van der Waals surface area contributed by atoms with E-state index in [1.54, 1.807) is 0 Å². The number of hydrogen-bond donors (Lipinski definition) is 0. The van der Waals surface area contributed by atoms with Crippen molar-refractivity contribution in [3.05, 3.63) is 31.2 Å². The van der Waals surface area contributed by atoms with Gasteiger partial charge in [-0.15, -0.1) is 0 Å². The molecular formula is C8H9O2. The van der Waals surface area contributed by atoms with Crippen LogP contribution in [0.3, 0.4) is 0 Å². The van der Waals surface area contributed by atoms with E-state index >= 15 is 0 Å². The largest absolute Gasteiger partial charge is 0.294 e. The molecule has 0 spiro atoms. The van der Waals surface area contributed by atoms with Crippen molar-refractivity contribution in [2.45, 2.75) is 6.92 Å². The van der Waals surface area contributed by atoms with Crippen molar-refractivity contribution >= 4 is 11.6 Å². The Labute approximate surface area is 60.2 Å². The van der Waals surface area contributed by atoms with Crippen molar-refractivity contribution in [2.24, 2.45) is 0 Å². The van der Waals surface area contributed by atoms with E-state index < -0.39 is 0 Å². The van der Waals surface area contributed by atoms with Gasteiger partial charge in [-0.1, -0.05) is 13.2 Å². The molecule has 0 heterocycles. The molecule has 0 saturated heterocycles. The highest BCUT2D eigenvalue weighted by atomic mass is 16.1. The fraction of sp³-hybridized carbons (Fsp3) is 0.125. The standard InChI is InChI=1S/C8H9O2/c1-4-7(9)6(3)8(10)5-2/h4-5H,1-2H2,3H3. The molecule has 10 heavy (non-hydrogen) atoms. The van der Waals surface area contributed by atoms with Crippen LogP contribution in [-0.4, -0.2) is 11.6 Å². The Bertz CT molecular complexity index is 160. The van der Waals surface area contributed by atoms with Crippen LogP contribution in [0.1, 0.15) is 6.92 Å². The Kier molecular flexibility index (Phi) is 3.33. The van der Waals surface area contributed by atoms with Crippen molar-refractivity contribution in [2.75, 3.05) is 0 Å². The predicted molar refractivity (Wildman–Crippen MR) is 39.3 cm³/mol. The monoisotopic (exact) mass is 137 g/mol. The highest BCUT2D eigenvalue weighted by molar-refractivity contribution is 6.22. The molecule has 0 unspecified atom stereocenters. The summed E-state index contributed by atoms with van der Waals surface area (Å²) in [6.45, 7) is 7.94. The van der Waals surface area contributed by atoms with Gasteiger partial charge in [0.2, 0.25) is 0 Å². The first-order valence-corrected chi connectivity index (χ1v) is 2.80. The summed E-state index contributed by atoms with van der Waals surface area (Å²) in [6, 6.07) is 0. The molecule has 1 radical (unpaired) electrons. The summed E-state index contributed by atoms with van der Waals surface area (Å²) < 4.78 is 0. The van der Waals surface area contributed by atoms with Gasteiger partial charge >= 0.3 is 0 Å². The molecule has 2 heteroatoms. The summed E-state index contributed by atoms with van der Waals surface area (Å²) in [5.41, 5.74) is 0. The number of hydrogen-bond acceptors (Lipinski definition) is 2. The Morgan fingerprint density at radius 1 is 1.10 bits per heavy atom. The zero-order valence-corrected chi connectivity index (χ0v) is 5.89. The fourth-order valence-corrected chi connectivity index (χ4v) is 0.428. The lowest BCUT2D eigenvalue weighted by molar-refractivity contribution is -0.119. The summed E-state index contributed by atoms with van der Waals surface area (Å²) in [4.78, 5) is 21.4. The summed E-state index contributed by atoms with van der Waals surface area (Å²) in [5.74, 6) is -0.528. The van der Waals surface area contributed by atoms with E-state index in [0.717, 1.165) is 12.2 Å². The molecule has 0 rings (SSSR count). The molecule has 0 aromatic carbocycles. The van der Waals surface area contributed by atoms with Gasteiger partial charge in [0.25, 0.3) is 0 Å². The van der Waals surface area contributed by atoms with Gasteiger partial charge in [-0.25, -0.2) is 0 Å². The Morgan fingerprint density at radius 3 is 1.60 bits per heavy atom. The van der Waals surface area contributed by atoms with Gasteiger partial charge in [0.15, 0.2) is 11.6 Å². The molecule has 0 N–H and O–H groups in total. The maximum Gasteiger partial charge on any atom is 0.170 e. The zero-order chi connectivity index (χ0) is 8.15. The molecule has 2 nitrogen and oxygen atoms in total. The van der Waals surface area contributed by atoms with Gasteiger partial charge < -0.3 is 0 Å². The van der Waals surface area contributed by atoms with Crippen molar-refractivity contribution in [3.8, 4) is 0 Å². The minimum atomic E-state index is -0.343. The SMILES string of the molecule is C=CC(=O)[C](C)C(=O)C=C. The Morgan fingerprint density at radius 2 is 1.40 bits per heavy atom. The molecule has 0 saturated carbocycles. The smallest absolute Gasteiger partial charge is 0.170 e. The zero-order valence-electron chi connectivity index (χ0n) is 5.89. The molecule has 0 aliphatic heterocycles. The van der Waals surface area contributed by atoms with Crippen LogP contribution in [-0.2, 0) is 9.59 Å². The summed E-state index contributed by atoms with van der Waals surface area (Å²) >= 11 is 0. The van der Waals surface area contributed by atoms with Crippen LogP contribution >= 0.6 is 0 Å². The summed E-state index contributed by atoms with van der Waals surface area (Å²) in [6.07, 6.45) is 2.22. The van der Waals surface area contributed by atoms with Gasteiger partial charge in [-0.2, -0.15) is 0 Å². The quantitative estimate of drug-likeness (QED) is 0.429. The molecule has 0 bridgehead atoms. The van der Waals surface area contributed by atoms with Gasteiger partial charge in [-0.05, 0) is 19.1 Å². The molecule has 0 aromatic rings. The maximum atomic E-state index is 10.7. The first-order chi connectivity index (χ1) is 4.63. The molecule has 0 atom stereocenters. The third kappa shape index (κ3) is 1.97. The predicted octanol–water partition coefficient (Wildman–Crippen LogP) is 1.09. The van der Waals surface area contributed by atoms with Gasteiger partial charge in [0, 0.05) is 0 Å².